The lowest BCUT2D eigenvalue weighted by molar-refractivity contribution is -0.122. The zero-order chi connectivity index (χ0) is 19.8. The lowest BCUT2D eigenvalue weighted by atomic mass is 9.96. The van der Waals surface area contributed by atoms with Crippen LogP contribution in [0.25, 0.3) is 0 Å². The van der Waals surface area contributed by atoms with E-state index < -0.39 is 6.04 Å². The van der Waals surface area contributed by atoms with Crippen molar-refractivity contribution in [1.29, 1.82) is 5.26 Å². The fourth-order valence-electron chi connectivity index (χ4n) is 3.79. The zero-order valence-corrected chi connectivity index (χ0v) is 16.8. The van der Waals surface area contributed by atoms with Crippen LogP contribution in [0.1, 0.15) is 46.4 Å². The van der Waals surface area contributed by atoms with E-state index in [1.807, 2.05) is 26.0 Å². The van der Waals surface area contributed by atoms with Crippen molar-refractivity contribution >= 4 is 39.5 Å². The Kier molecular flexibility index (Phi) is 4.82. The third-order valence-corrected chi connectivity index (χ3v) is 6.67. The molecule has 1 aromatic heterocycles. The molecule has 0 unspecified atom stereocenters. The second-order valence-corrected chi connectivity index (χ2v) is 8.55. The van der Waals surface area contributed by atoms with Crippen LogP contribution in [-0.2, 0) is 22.4 Å². The number of thiophene rings is 1. The van der Waals surface area contributed by atoms with E-state index in [0.29, 0.717) is 10.6 Å². The summed E-state index contributed by atoms with van der Waals surface area (Å²) in [4.78, 5) is 26.2. The number of nitriles is 1. The number of amides is 2. The van der Waals surface area contributed by atoms with Crippen molar-refractivity contribution in [3.05, 3.63) is 39.3 Å². The fraction of sp³-hybridized carbons (Fsp3) is 0.381. The molecule has 0 fully saturated rings. The zero-order valence-electron chi connectivity index (χ0n) is 15.9. The minimum Gasteiger partial charge on any atom is -0.372 e. The van der Waals surface area contributed by atoms with Gasteiger partial charge >= 0.3 is 0 Å². The Bertz CT molecular complexity index is 1020. The molecule has 2 amide bonds. The van der Waals surface area contributed by atoms with Crippen LogP contribution in [0.4, 0.5) is 16.4 Å². The molecule has 0 bridgehead atoms. The second-order valence-electron chi connectivity index (χ2n) is 7.45. The Hall–Kier alpha value is -2.85. The van der Waals surface area contributed by atoms with Crippen LogP contribution in [0.2, 0.25) is 0 Å². The highest BCUT2D eigenvalue weighted by Crippen LogP contribution is 2.38. The van der Waals surface area contributed by atoms with E-state index in [4.69, 9.17) is 0 Å². The molecule has 6 nitrogen and oxygen atoms in total. The van der Waals surface area contributed by atoms with Crippen LogP contribution >= 0.6 is 11.3 Å². The highest BCUT2D eigenvalue weighted by molar-refractivity contribution is 7.16. The van der Waals surface area contributed by atoms with E-state index in [-0.39, 0.29) is 18.2 Å². The predicted molar refractivity (Wildman–Crippen MR) is 111 cm³/mol. The van der Waals surface area contributed by atoms with E-state index >= 15 is 0 Å². The molecule has 0 spiro atoms. The Morgan fingerprint density at radius 2 is 1.96 bits per heavy atom. The van der Waals surface area contributed by atoms with Crippen molar-refractivity contribution in [3.63, 3.8) is 0 Å². The van der Waals surface area contributed by atoms with Crippen LogP contribution in [0.15, 0.2) is 12.1 Å². The lowest BCUT2D eigenvalue weighted by Gasteiger charge is -2.27. The Labute approximate surface area is 167 Å². The molecule has 1 atom stereocenters. The monoisotopic (exact) mass is 394 g/mol. The highest BCUT2D eigenvalue weighted by atomic mass is 32.1. The molecule has 2 aromatic rings. The third kappa shape index (κ3) is 3.36. The molecule has 7 heteroatoms. The number of carbonyl (C=O) groups is 2. The van der Waals surface area contributed by atoms with E-state index in [1.54, 1.807) is 0 Å². The number of rotatable bonds is 3. The number of anilines is 3. The second kappa shape index (κ2) is 7.28. The van der Waals surface area contributed by atoms with E-state index in [2.05, 4.69) is 22.0 Å². The van der Waals surface area contributed by atoms with Crippen molar-refractivity contribution in [2.24, 2.45) is 0 Å². The number of fused-ring (bicyclic) bond motifs is 2. The summed E-state index contributed by atoms with van der Waals surface area (Å²) in [5.74, 6) is -0.494. The first-order chi connectivity index (χ1) is 13.5. The third-order valence-electron chi connectivity index (χ3n) is 5.46. The van der Waals surface area contributed by atoms with Gasteiger partial charge in [-0.3, -0.25) is 9.59 Å². The van der Waals surface area contributed by atoms with Crippen molar-refractivity contribution in [1.82, 2.24) is 0 Å². The lowest BCUT2D eigenvalue weighted by Crippen LogP contribution is -2.41. The summed E-state index contributed by atoms with van der Waals surface area (Å²) in [6.45, 7) is 4.01. The number of benzene rings is 1. The van der Waals surface area contributed by atoms with Crippen LogP contribution in [0.5, 0.6) is 0 Å². The van der Waals surface area contributed by atoms with Crippen molar-refractivity contribution in [3.8, 4) is 6.07 Å². The molecule has 1 aliphatic carbocycles. The van der Waals surface area contributed by atoms with Gasteiger partial charge in [-0.05, 0) is 68.4 Å². The van der Waals surface area contributed by atoms with Gasteiger partial charge in [-0.25, -0.2) is 0 Å². The number of hydrogen-bond donors (Lipinski definition) is 3. The van der Waals surface area contributed by atoms with Gasteiger partial charge in [0, 0.05) is 4.88 Å². The SMILES string of the molecule is Cc1cc2c(cc1C)N[C@H](CC(=O)Nc1sc3c(c1C#N)CCCC3)C(=O)N2. The molecule has 4 rings (SSSR count). The molecule has 3 N–H and O–H groups in total. The number of aryl methyl sites for hydroxylation is 3. The topological polar surface area (TPSA) is 94.0 Å². The molecule has 1 aliphatic heterocycles. The largest absolute Gasteiger partial charge is 0.372 e. The van der Waals surface area contributed by atoms with Gasteiger partial charge in [-0.2, -0.15) is 5.26 Å². The fourth-order valence-corrected chi connectivity index (χ4v) is 5.05. The van der Waals surface area contributed by atoms with Crippen LogP contribution in [-0.4, -0.2) is 17.9 Å². The normalized spacial score (nSPS) is 17.6. The Morgan fingerprint density at radius 3 is 2.71 bits per heavy atom. The minimum absolute atomic E-state index is 0.00559. The number of nitrogens with one attached hydrogen (secondary N) is 3. The first kappa shape index (κ1) is 18.5. The predicted octanol–water partition coefficient (Wildman–Crippen LogP) is 3.88. The summed E-state index contributed by atoms with van der Waals surface area (Å²) in [6.07, 6.45) is 4.07. The first-order valence-corrected chi connectivity index (χ1v) is 10.3. The number of nitrogens with zero attached hydrogens (tertiary/aromatic N) is 1. The number of hydrogen-bond acceptors (Lipinski definition) is 5. The van der Waals surface area contributed by atoms with Crippen molar-refractivity contribution in [2.75, 3.05) is 16.0 Å². The molecule has 0 saturated heterocycles. The van der Waals surface area contributed by atoms with Gasteiger partial charge in [0.05, 0.1) is 23.4 Å². The maximum atomic E-state index is 12.6. The van der Waals surface area contributed by atoms with Crippen LogP contribution in [0, 0.1) is 25.2 Å². The molecule has 2 aliphatic rings. The van der Waals surface area contributed by atoms with Gasteiger partial charge in [0.15, 0.2) is 0 Å². The van der Waals surface area contributed by atoms with Gasteiger partial charge in [0.1, 0.15) is 17.1 Å². The standard InChI is InChI=1S/C21H22N4O2S/c1-11-7-15-16(8-12(11)2)24-20(27)17(23-15)9-19(26)25-21-14(10-22)13-5-3-4-6-18(13)28-21/h7-8,17,23H,3-6,9H2,1-2H3,(H,24,27)(H,25,26)/t17-/m1/s1. The first-order valence-electron chi connectivity index (χ1n) is 9.49. The van der Waals surface area contributed by atoms with Gasteiger partial charge < -0.3 is 16.0 Å². The maximum absolute atomic E-state index is 12.6. The van der Waals surface area contributed by atoms with Gasteiger partial charge in [0.25, 0.3) is 0 Å². The molecular weight excluding hydrogens is 372 g/mol. The van der Waals surface area contributed by atoms with E-state index in [9.17, 15) is 14.9 Å². The van der Waals surface area contributed by atoms with E-state index in [0.717, 1.165) is 53.7 Å². The molecule has 0 radical (unpaired) electrons. The maximum Gasteiger partial charge on any atom is 0.247 e. The average molecular weight is 395 g/mol. The van der Waals surface area contributed by atoms with Gasteiger partial charge in [-0.15, -0.1) is 11.3 Å². The minimum atomic E-state index is -0.644. The summed E-state index contributed by atoms with van der Waals surface area (Å²) >= 11 is 1.49. The molecule has 1 aromatic carbocycles. The molecule has 0 saturated carbocycles. The summed E-state index contributed by atoms with van der Waals surface area (Å²) in [5, 5.41) is 19.1. The summed E-state index contributed by atoms with van der Waals surface area (Å²) < 4.78 is 0. The van der Waals surface area contributed by atoms with Crippen molar-refractivity contribution in [2.45, 2.75) is 52.0 Å². The summed E-state index contributed by atoms with van der Waals surface area (Å²) in [5.41, 5.74) is 5.45. The number of carbonyl (C=O) groups excluding carboxylic acids is 2. The highest BCUT2D eigenvalue weighted by Gasteiger charge is 2.29. The van der Waals surface area contributed by atoms with E-state index in [1.165, 1.54) is 16.2 Å². The van der Waals surface area contributed by atoms with Crippen LogP contribution < -0.4 is 16.0 Å². The molecule has 2 heterocycles. The van der Waals surface area contributed by atoms with Crippen LogP contribution in [0.3, 0.4) is 0 Å². The van der Waals surface area contributed by atoms with Gasteiger partial charge in [-0.1, -0.05) is 0 Å². The van der Waals surface area contributed by atoms with Crippen molar-refractivity contribution < 1.29 is 9.59 Å². The van der Waals surface area contributed by atoms with Gasteiger partial charge in [0.2, 0.25) is 11.8 Å². The average Bonchev–Trinajstić information content (AvgIpc) is 3.01. The Balaban J connectivity index is 1.49. The molecular formula is C21H22N4O2S. The Morgan fingerprint density at radius 1 is 1.25 bits per heavy atom. The summed E-state index contributed by atoms with van der Waals surface area (Å²) in [6, 6.07) is 5.52. The molecule has 28 heavy (non-hydrogen) atoms. The smallest absolute Gasteiger partial charge is 0.247 e. The quantitative estimate of drug-likeness (QED) is 0.736. The molecule has 144 valence electrons. The summed E-state index contributed by atoms with van der Waals surface area (Å²) in [7, 11) is 0.